The summed E-state index contributed by atoms with van der Waals surface area (Å²) in [6.07, 6.45) is 1.62. The molecule has 1 aromatic carbocycles. The van der Waals surface area contributed by atoms with Gasteiger partial charge in [-0.15, -0.1) is 0 Å². The van der Waals surface area contributed by atoms with Gasteiger partial charge in [0.15, 0.2) is 0 Å². The van der Waals surface area contributed by atoms with E-state index in [0.29, 0.717) is 30.0 Å². The Morgan fingerprint density at radius 1 is 1.28 bits per heavy atom. The van der Waals surface area contributed by atoms with Crippen LogP contribution in [0.25, 0.3) is 0 Å². The van der Waals surface area contributed by atoms with Crippen molar-refractivity contribution >= 4 is 17.6 Å². The first-order chi connectivity index (χ1) is 12.0. The fourth-order valence-electron chi connectivity index (χ4n) is 2.94. The molecule has 0 bridgehead atoms. The smallest absolute Gasteiger partial charge is 0.258 e. The lowest BCUT2D eigenvalue weighted by Crippen LogP contribution is -2.52. The summed E-state index contributed by atoms with van der Waals surface area (Å²) in [7, 11) is 3.61. The molecule has 7 heteroatoms. The van der Waals surface area contributed by atoms with E-state index in [1.54, 1.807) is 37.3 Å². The van der Waals surface area contributed by atoms with E-state index < -0.39 is 6.04 Å². The van der Waals surface area contributed by atoms with Crippen LogP contribution in [0.4, 0.5) is 10.2 Å². The van der Waals surface area contributed by atoms with Gasteiger partial charge in [0.05, 0.1) is 5.56 Å². The number of amides is 2. The summed E-state index contributed by atoms with van der Waals surface area (Å²) in [6, 6.07) is 8.22. The molecule has 2 aromatic rings. The van der Waals surface area contributed by atoms with Gasteiger partial charge in [-0.1, -0.05) is 12.1 Å². The van der Waals surface area contributed by atoms with Crippen molar-refractivity contribution in [2.24, 2.45) is 0 Å². The van der Waals surface area contributed by atoms with Gasteiger partial charge in [0.2, 0.25) is 5.91 Å². The van der Waals surface area contributed by atoms with Crippen molar-refractivity contribution in [3.63, 3.8) is 0 Å². The van der Waals surface area contributed by atoms with E-state index in [0.717, 1.165) is 0 Å². The number of carbonyl (C=O) groups is 2. The third-order valence-corrected chi connectivity index (χ3v) is 4.10. The van der Waals surface area contributed by atoms with Crippen LogP contribution in [0.15, 0.2) is 42.6 Å². The molecule has 0 saturated carbocycles. The fourth-order valence-corrected chi connectivity index (χ4v) is 2.94. The second-order valence-corrected chi connectivity index (χ2v) is 6.01. The van der Waals surface area contributed by atoms with Gasteiger partial charge in [0, 0.05) is 33.4 Å². The number of hydrogen-bond acceptors (Lipinski definition) is 4. The molecule has 1 aromatic heterocycles. The standard InChI is InChI=1S/C18H19FN4O2/c1-22(2)16-14(4-3-9-20-16)18(25)23-11-10-21-17(24)15(23)12-5-7-13(19)8-6-12/h3-9,15H,10-11H2,1-2H3,(H,21,24). The molecular weight excluding hydrogens is 323 g/mol. The minimum Gasteiger partial charge on any atom is -0.362 e. The molecule has 6 nitrogen and oxygen atoms in total. The summed E-state index contributed by atoms with van der Waals surface area (Å²) in [5, 5.41) is 2.77. The molecule has 1 N–H and O–H groups in total. The Labute approximate surface area is 145 Å². The highest BCUT2D eigenvalue weighted by molar-refractivity contribution is 6.01. The van der Waals surface area contributed by atoms with Crippen molar-refractivity contribution in [3.05, 3.63) is 59.5 Å². The fraction of sp³-hybridized carbons (Fsp3) is 0.278. The second kappa shape index (κ2) is 6.88. The van der Waals surface area contributed by atoms with Crippen LogP contribution in [-0.4, -0.2) is 48.9 Å². The first-order valence-corrected chi connectivity index (χ1v) is 7.95. The minimum absolute atomic E-state index is 0.276. The van der Waals surface area contributed by atoms with Crippen LogP contribution in [0, 0.1) is 5.82 Å². The highest BCUT2D eigenvalue weighted by Crippen LogP contribution is 2.27. The molecule has 2 amide bonds. The number of piperazine rings is 1. The number of rotatable bonds is 3. The normalized spacial score (nSPS) is 17.2. The lowest BCUT2D eigenvalue weighted by Gasteiger charge is -2.35. The highest BCUT2D eigenvalue weighted by Gasteiger charge is 2.35. The van der Waals surface area contributed by atoms with Gasteiger partial charge < -0.3 is 15.1 Å². The third-order valence-electron chi connectivity index (χ3n) is 4.10. The molecule has 130 valence electrons. The van der Waals surface area contributed by atoms with E-state index >= 15 is 0 Å². The summed E-state index contributed by atoms with van der Waals surface area (Å²) in [6.45, 7) is 0.744. The zero-order chi connectivity index (χ0) is 18.0. The molecule has 3 rings (SSSR count). The van der Waals surface area contributed by atoms with Crippen LogP contribution in [0.5, 0.6) is 0 Å². The number of carbonyl (C=O) groups excluding carboxylic acids is 2. The van der Waals surface area contributed by atoms with Gasteiger partial charge in [0.1, 0.15) is 17.7 Å². The maximum absolute atomic E-state index is 13.2. The molecule has 1 atom stereocenters. The number of halogens is 1. The number of hydrogen-bond donors (Lipinski definition) is 1. The molecule has 25 heavy (non-hydrogen) atoms. The van der Waals surface area contributed by atoms with Crippen LogP contribution in [0.2, 0.25) is 0 Å². The third kappa shape index (κ3) is 3.31. The maximum Gasteiger partial charge on any atom is 0.258 e. The van der Waals surface area contributed by atoms with E-state index in [9.17, 15) is 14.0 Å². The zero-order valence-electron chi connectivity index (χ0n) is 14.1. The van der Waals surface area contributed by atoms with Crippen LogP contribution >= 0.6 is 0 Å². The highest BCUT2D eigenvalue weighted by atomic mass is 19.1. The predicted molar refractivity (Wildman–Crippen MR) is 91.8 cm³/mol. The van der Waals surface area contributed by atoms with E-state index in [1.807, 2.05) is 0 Å². The van der Waals surface area contributed by atoms with E-state index in [4.69, 9.17) is 0 Å². The summed E-state index contributed by atoms with van der Waals surface area (Å²) in [5.74, 6) is -0.404. The summed E-state index contributed by atoms with van der Waals surface area (Å²) in [4.78, 5) is 33.1. The molecule has 1 fully saturated rings. The number of pyridine rings is 1. The first kappa shape index (κ1) is 16.9. The molecule has 1 unspecified atom stereocenters. The number of aromatic nitrogens is 1. The van der Waals surface area contributed by atoms with Crippen LogP contribution in [-0.2, 0) is 4.79 Å². The summed E-state index contributed by atoms with van der Waals surface area (Å²) >= 11 is 0. The van der Waals surface area contributed by atoms with Gasteiger partial charge in [-0.3, -0.25) is 9.59 Å². The molecule has 1 aliphatic heterocycles. The number of nitrogens with one attached hydrogen (secondary N) is 1. The van der Waals surface area contributed by atoms with Gasteiger partial charge in [-0.05, 0) is 29.8 Å². The Kier molecular flexibility index (Phi) is 4.65. The first-order valence-electron chi connectivity index (χ1n) is 7.95. The second-order valence-electron chi connectivity index (χ2n) is 6.01. The van der Waals surface area contributed by atoms with Gasteiger partial charge in [-0.25, -0.2) is 9.37 Å². The van der Waals surface area contributed by atoms with Crippen LogP contribution < -0.4 is 10.2 Å². The number of nitrogens with zero attached hydrogens (tertiary/aromatic N) is 3. The average molecular weight is 342 g/mol. The Bertz CT molecular complexity index is 792. The van der Waals surface area contributed by atoms with Crippen molar-refractivity contribution in [2.45, 2.75) is 6.04 Å². The van der Waals surface area contributed by atoms with E-state index in [2.05, 4.69) is 10.3 Å². The van der Waals surface area contributed by atoms with Crippen molar-refractivity contribution in [2.75, 3.05) is 32.1 Å². The summed E-state index contributed by atoms with van der Waals surface area (Å²) in [5.41, 5.74) is 0.997. The lowest BCUT2D eigenvalue weighted by molar-refractivity contribution is -0.128. The maximum atomic E-state index is 13.2. The molecule has 0 radical (unpaired) electrons. The zero-order valence-corrected chi connectivity index (χ0v) is 14.1. The lowest BCUT2D eigenvalue weighted by atomic mass is 10.0. The molecule has 0 spiro atoms. The topological polar surface area (TPSA) is 65.5 Å². The molecule has 1 saturated heterocycles. The van der Waals surface area contributed by atoms with Gasteiger partial charge >= 0.3 is 0 Å². The quantitative estimate of drug-likeness (QED) is 0.920. The van der Waals surface area contributed by atoms with Crippen molar-refractivity contribution in [3.8, 4) is 0 Å². The van der Waals surface area contributed by atoms with Crippen LogP contribution in [0.1, 0.15) is 22.0 Å². The number of benzene rings is 1. The van der Waals surface area contributed by atoms with Crippen molar-refractivity contribution in [1.29, 1.82) is 0 Å². The van der Waals surface area contributed by atoms with Crippen LogP contribution in [0.3, 0.4) is 0 Å². The molecule has 1 aliphatic rings. The Balaban J connectivity index is 2.00. The molecule has 0 aliphatic carbocycles. The van der Waals surface area contributed by atoms with Gasteiger partial charge in [0.25, 0.3) is 5.91 Å². The number of anilines is 1. The van der Waals surface area contributed by atoms with Crippen molar-refractivity contribution < 1.29 is 14.0 Å². The van der Waals surface area contributed by atoms with Gasteiger partial charge in [-0.2, -0.15) is 0 Å². The van der Waals surface area contributed by atoms with E-state index in [-0.39, 0.29) is 17.6 Å². The largest absolute Gasteiger partial charge is 0.362 e. The van der Waals surface area contributed by atoms with E-state index in [1.165, 1.54) is 29.2 Å². The Hall–Kier alpha value is -2.96. The Morgan fingerprint density at radius 3 is 2.68 bits per heavy atom. The predicted octanol–water partition coefficient (Wildman–Crippen LogP) is 1.60. The molecular formula is C18H19FN4O2. The minimum atomic E-state index is -0.794. The molecule has 2 heterocycles. The average Bonchev–Trinajstić information content (AvgIpc) is 2.62. The monoisotopic (exact) mass is 342 g/mol. The Morgan fingerprint density at radius 2 is 2.00 bits per heavy atom. The van der Waals surface area contributed by atoms with Crippen molar-refractivity contribution in [1.82, 2.24) is 15.2 Å². The summed E-state index contributed by atoms with van der Waals surface area (Å²) < 4.78 is 13.2. The SMILES string of the molecule is CN(C)c1ncccc1C(=O)N1CCNC(=O)C1c1ccc(F)cc1.